The van der Waals surface area contributed by atoms with Gasteiger partial charge in [0.05, 0.1) is 0 Å². The van der Waals surface area contributed by atoms with E-state index < -0.39 is 0 Å². The van der Waals surface area contributed by atoms with Crippen LogP contribution in [0.4, 0.5) is 11.4 Å². The predicted octanol–water partition coefficient (Wildman–Crippen LogP) is 1.90. The average molecular weight is 231 g/mol. The molecule has 3 nitrogen and oxygen atoms in total. The van der Waals surface area contributed by atoms with Crippen LogP contribution in [0.25, 0.3) is 0 Å². The molecule has 92 valence electrons. The van der Waals surface area contributed by atoms with Crippen molar-refractivity contribution in [2.24, 2.45) is 0 Å². The molecule has 1 aromatic carbocycles. The van der Waals surface area contributed by atoms with Crippen molar-refractivity contribution in [3.8, 4) is 0 Å². The van der Waals surface area contributed by atoms with Crippen molar-refractivity contribution in [2.75, 3.05) is 43.9 Å². The molecule has 3 heteroatoms. The van der Waals surface area contributed by atoms with E-state index in [1.807, 2.05) is 0 Å². The van der Waals surface area contributed by atoms with Gasteiger partial charge < -0.3 is 15.5 Å². The highest BCUT2D eigenvalue weighted by Gasteiger charge is 2.25. The van der Waals surface area contributed by atoms with Crippen LogP contribution in [0.2, 0.25) is 0 Å². The predicted molar refractivity (Wildman–Crippen MR) is 72.5 cm³/mol. The van der Waals surface area contributed by atoms with Crippen molar-refractivity contribution in [3.63, 3.8) is 0 Å². The quantitative estimate of drug-likeness (QED) is 0.789. The van der Waals surface area contributed by atoms with Gasteiger partial charge in [0.2, 0.25) is 0 Å². The van der Waals surface area contributed by atoms with Gasteiger partial charge in [-0.25, -0.2) is 0 Å². The second-order valence-corrected chi connectivity index (χ2v) is 5.38. The molecule has 0 amide bonds. The van der Waals surface area contributed by atoms with Gasteiger partial charge in [0.25, 0.3) is 0 Å². The molecule has 1 saturated carbocycles. The zero-order chi connectivity index (χ0) is 11.8. The molecule has 1 aliphatic heterocycles. The number of piperazine rings is 1. The Balaban J connectivity index is 1.76. The summed E-state index contributed by atoms with van der Waals surface area (Å²) in [7, 11) is 2.18. The third-order valence-corrected chi connectivity index (χ3v) is 3.96. The number of nitrogens with zero attached hydrogens (tertiary/aromatic N) is 2. The van der Waals surface area contributed by atoms with Crippen molar-refractivity contribution in [2.45, 2.75) is 18.8 Å². The Morgan fingerprint density at radius 3 is 2.41 bits per heavy atom. The minimum absolute atomic E-state index is 0.747. The summed E-state index contributed by atoms with van der Waals surface area (Å²) in [4.78, 5) is 4.81. The normalized spacial score (nSPS) is 21.8. The fourth-order valence-corrected chi connectivity index (χ4v) is 2.59. The smallest absolute Gasteiger partial charge is 0.0387 e. The second-order valence-electron chi connectivity index (χ2n) is 5.38. The van der Waals surface area contributed by atoms with E-state index in [1.165, 1.54) is 24.1 Å². The number of benzene rings is 1. The Labute approximate surface area is 103 Å². The number of rotatable bonds is 2. The van der Waals surface area contributed by atoms with E-state index in [-0.39, 0.29) is 0 Å². The highest BCUT2D eigenvalue weighted by Crippen LogP contribution is 2.43. The first kappa shape index (κ1) is 10.9. The Hall–Kier alpha value is -1.22. The second kappa shape index (κ2) is 4.22. The summed E-state index contributed by atoms with van der Waals surface area (Å²) in [5, 5.41) is 0. The molecule has 1 saturated heterocycles. The van der Waals surface area contributed by atoms with Gasteiger partial charge in [-0.15, -0.1) is 0 Å². The van der Waals surface area contributed by atoms with Crippen LogP contribution >= 0.6 is 0 Å². The fourth-order valence-electron chi connectivity index (χ4n) is 2.59. The summed E-state index contributed by atoms with van der Waals surface area (Å²) in [5.74, 6) is 0.747. The van der Waals surface area contributed by atoms with Gasteiger partial charge in [0, 0.05) is 37.6 Å². The molecular formula is C14H21N3. The number of anilines is 2. The Morgan fingerprint density at radius 1 is 1.12 bits per heavy atom. The van der Waals surface area contributed by atoms with Crippen molar-refractivity contribution in [1.29, 1.82) is 0 Å². The van der Waals surface area contributed by atoms with Crippen LogP contribution in [0.15, 0.2) is 18.2 Å². The first-order valence-electron chi connectivity index (χ1n) is 6.57. The van der Waals surface area contributed by atoms with E-state index in [0.717, 1.165) is 37.8 Å². The lowest BCUT2D eigenvalue weighted by molar-refractivity contribution is 0.313. The zero-order valence-electron chi connectivity index (χ0n) is 10.5. The lowest BCUT2D eigenvalue weighted by atomic mass is 10.1. The number of hydrogen-bond acceptors (Lipinski definition) is 3. The van der Waals surface area contributed by atoms with E-state index in [4.69, 9.17) is 5.73 Å². The van der Waals surface area contributed by atoms with Gasteiger partial charge in [-0.05, 0) is 43.5 Å². The van der Waals surface area contributed by atoms with E-state index in [2.05, 4.69) is 35.0 Å². The highest BCUT2D eigenvalue weighted by atomic mass is 15.2. The van der Waals surface area contributed by atoms with Gasteiger partial charge in [-0.1, -0.05) is 6.07 Å². The number of nitrogen functional groups attached to an aromatic ring is 1. The first-order chi connectivity index (χ1) is 8.24. The van der Waals surface area contributed by atoms with E-state index >= 15 is 0 Å². The minimum atomic E-state index is 0.747. The zero-order valence-corrected chi connectivity index (χ0v) is 10.5. The molecule has 0 atom stereocenters. The first-order valence-corrected chi connectivity index (χ1v) is 6.57. The van der Waals surface area contributed by atoms with E-state index in [1.54, 1.807) is 0 Å². The maximum absolute atomic E-state index is 6.16. The molecule has 2 aliphatic rings. The van der Waals surface area contributed by atoms with Crippen LogP contribution in [0.3, 0.4) is 0 Å². The van der Waals surface area contributed by atoms with Crippen molar-refractivity contribution < 1.29 is 0 Å². The minimum Gasteiger partial charge on any atom is -0.398 e. The maximum atomic E-state index is 6.16. The summed E-state index contributed by atoms with van der Waals surface area (Å²) in [6, 6.07) is 6.65. The lowest BCUT2D eigenvalue weighted by Crippen LogP contribution is -2.44. The number of likely N-dealkylation sites (N-methyl/N-ethyl adjacent to an activating group) is 1. The summed E-state index contributed by atoms with van der Waals surface area (Å²) in [6.45, 7) is 4.51. The van der Waals surface area contributed by atoms with Crippen molar-refractivity contribution in [3.05, 3.63) is 23.8 Å². The maximum Gasteiger partial charge on any atom is 0.0387 e. The molecule has 2 N–H and O–H groups in total. The standard InChI is InChI=1S/C14H21N3/c1-16-6-8-17(9-7-16)12-4-5-13(11-2-3-11)14(15)10-12/h4-5,10-11H,2-3,6-9,15H2,1H3. The van der Waals surface area contributed by atoms with Crippen molar-refractivity contribution >= 4 is 11.4 Å². The molecule has 1 heterocycles. The molecule has 3 rings (SSSR count). The van der Waals surface area contributed by atoms with Crippen LogP contribution < -0.4 is 10.6 Å². The summed E-state index contributed by atoms with van der Waals surface area (Å²) in [5.41, 5.74) is 9.80. The Bertz CT molecular complexity index is 404. The molecule has 0 radical (unpaired) electrons. The topological polar surface area (TPSA) is 32.5 Å². The van der Waals surface area contributed by atoms with E-state index in [9.17, 15) is 0 Å². The van der Waals surface area contributed by atoms with Gasteiger partial charge in [0.15, 0.2) is 0 Å². The molecule has 1 aromatic rings. The molecule has 0 unspecified atom stereocenters. The van der Waals surface area contributed by atoms with Crippen LogP contribution in [0, 0.1) is 0 Å². The van der Waals surface area contributed by atoms with Crippen LogP contribution in [-0.4, -0.2) is 38.1 Å². The fraction of sp³-hybridized carbons (Fsp3) is 0.571. The molecule has 2 fully saturated rings. The number of nitrogens with two attached hydrogens (primary N) is 1. The Kier molecular flexibility index (Phi) is 2.71. The number of hydrogen-bond donors (Lipinski definition) is 1. The molecule has 0 bridgehead atoms. The average Bonchev–Trinajstić information content (AvgIpc) is 3.14. The molecule has 17 heavy (non-hydrogen) atoms. The van der Waals surface area contributed by atoms with Gasteiger partial charge in [-0.3, -0.25) is 0 Å². The molecule has 0 aromatic heterocycles. The van der Waals surface area contributed by atoms with Crippen LogP contribution in [0.5, 0.6) is 0 Å². The molecule has 0 spiro atoms. The summed E-state index contributed by atoms with van der Waals surface area (Å²) in [6.07, 6.45) is 2.64. The van der Waals surface area contributed by atoms with Crippen LogP contribution in [0.1, 0.15) is 24.3 Å². The highest BCUT2D eigenvalue weighted by molar-refractivity contribution is 5.62. The third kappa shape index (κ3) is 2.25. The van der Waals surface area contributed by atoms with Crippen molar-refractivity contribution in [1.82, 2.24) is 4.90 Å². The third-order valence-electron chi connectivity index (χ3n) is 3.96. The van der Waals surface area contributed by atoms with Gasteiger partial charge >= 0.3 is 0 Å². The lowest BCUT2D eigenvalue weighted by Gasteiger charge is -2.34. The van der Waals surface area contributed by atoms with E-state index in [0.29, 0.717) is 0 Å². The summed E-state index contributed by atoms with van der Waals surface area (Å²) < 4.78 is 0. The molecular weight excluding hydrogens is 210 g/mol. The largest absolute Gasteiger partial charge is 0.398 e. The monoisotopic (exact) mass is 231 g/mol. The van der Waals surface area contributed by atoms with Gasteiger partial charge in [-0.2, -0.15) is 0 Å². The SMILES string of the molecule is CN1CCN(c2ccc(C3CC3)c(N)c2)CC1. The van der Waals surface area contributed by atoms with Gasteiger partial charge in [0.1, 0.15) is 0 Å². The summed E-state index contributed by atoms with van der Waals surface area (Å²) >= 11 is 0. The Morgan fingerprint density at radius 2 is 1.82 bits per heavy atom. The molecule has 1 aliphatic carbocycles. The van der Waals surface area contributed by atoms with Crippen LogP contribution in [-0.2, 0) is 0 Å².